The Morgan fingerprint density at radius 3 is 2.59 bits per heavy atom. The third-order valence-corrected chi connectivity index (χ3v) is 8.93. The molecule has 98 valence electrons. The summed E-state index contributed by atoms with van der Waals surface area (Å²) in [6.45, 7) is 11.2. The Morgan fingerprint density at radius 2 is 2.12 bits per heavy atom. The van der Waals surface area contributed by atoms with Crippen LogP contribution in [0.3, 0.4) is 0 Å². The van der Waals surface area contributed by atoms with Gasteiger partial charge >= 0.3 is 0 Å². The molecule has 0 aromatic rings. The lowest BCUT2D eigenvalue weighted by Crippen LogP contribution is -2.51. The summed E-state index contributed by atoms with van der Waals surface area (Å²) in [5.41, 5.74) is -0.569. The molecule has 2 bridgehead atoms. The maximum Gasteiger partial charge on any atom is 0.192 e. The van der Waals surface area contributed by atoms with Crippen LogP contribution in [-0.4, -0.2) is 37.8 Å². The summed E-state index contributed by atoms with van der Waals surface area (Å²) in [4.78, 5) is 0. The number of aliphatic hydroxyl groups is 1. The van der Waals surface area contributed by atoms with Gasteiger partial charge in [0.25, 0.3) is 0 Å². The molecule has 1 saturated heterocycles. The summed E-state index contributed by atoms with van der Waals surface area (Å²) in [5, 5.41) is 9.76. The Morgan fingerprint density at radius 1 is 1.47 bits per heavy atom. The number of hydrogen-bond donors (Lipinski definition) is 1. The second-order valence-corrected chi connectivity index (χ2v) is 11.5. The second kappa shape index (κ2) is 3.92. The Kier molecular flexibility index (Phi) is 3.06. The first-order valence-corrected chi connectivity index (χ1v) is 9.27. The Hall–Kier alpha value is -0.163. The van der Waals surface area contributed by atoms with Crippen molar-refractivity contribution in [3.8, 4) is 0 Å². The van der Waals surface area contributed by atoms with Crippen molar-refractivity contribution in [1.29, 1.82) is 0 Å². The van der Waals surface area contributed by atoms with Gasteiger partial charge < -0.3 is 14.3 Å². The van der Waals surface area contributed by atoms with Gasteiger partial charge in [-0.05, 0) is 24.2 Å². The quantitative estimate of drug-likeness (QED) is 0.623. The van der Waals surface area contributed by atoms with Crippen LogP contribution in [0.2, 0.25) is 18.1 Å². The molecule has 17 heavy (non-hydrogen) atoms. The normalized spacial score (nSPS) is 36.8. The van der Waals surface area contributed by atoms with E-state index in [1.165, 1.54) is 0 Å². The minimum absolute atomic E-state index is 0.0132. The van der Waals surface area contributed by atoms with Crippen LogP contribution in [0.5, 0.6) is 0 Å². The number of ether oxygens (including phenoxy) is 1. The van der Waals surface area contributed by atoms with E-state index < -0.39 is 13.9 Å². The van der Waals surface area contributed by atoms with Crippen molar-refractivity contribution in [1.82, 2.24) is 0 Å². The average molecular weight is 256 g/mol. The van der Waals surface area contributed by atoms with Crippen LogP contribution in [0.15, 0.2) is 12.2 Å². The summed E-state index contributed by atoms with van der Waals surface area (Å²) >= 11 is 0. The molecule has 0 radical (unpaired) electrons. The molecule has 2 rings (SSSR count). The van der Waals surface area contributed by atoms with Crippen LogP contribution in [0.25, 0.3) is 0 Å². The van der Waals surface area contributed by atoms with Crippen molar-refractivity contribution in [3.63, 3.8) is 0 Å². The summed E-state index contributed by atoms with van der Waals surface area (Å²) in [7, 11) is -1.80. The Labute approximate surface area is 105 Å². The van der Waals surface area contributed by atoms with Crippen molar-refractivity contribution in [2.45, 2.75) is 63.1 Å². The molecule has 0 aliphatic carbocycles. The van der Waals surface area contributed by atoms with E-state index in [2.05, 4.69) is 33.9 Å². The van der Waals surface area contributed by atoms with Gasteiger partial charge in [-0.1, -0.05) is 26.8 Å². The maximum absolute atomic E-state index is 9.57. The molecule has 1 fully saturated rings. The first kappa shape index (κ1) is 13.3. The number of aliphatic hydroxyl groups excluding tert-OH is 1. The van der Waals surface area contributed by atoms with E-state index in [-0.39, 0.29) is 23.9 Å². The molecule has 1 N–H and O–H groups in total. The third-order valence-electron chi connectivity index (χ3n) is 4.45. The summed E-state index contributed by atoms with van der Waals surface area (Å²) in [6.07, 6.45) is 5.06. The SMILES string of the molecule is CC(C)(C)[Si](C)(C)O[C@@H]1C[C@H]2C=C[C@@]1(CO)O2. The van der Waals surface area contributed by atoms with Crippen molar-refractivity contribution in [2.75, 3.05) is 6.61 Å². The zero-order valence-corrected chi connectivity index (χ0v) is 12.5. The second-order valence-electron chi connectivity index (χ2n) is 6.73. The van der Waals surface area contributed by atoms with Crippen molar-refractivity contribution >= 4 is 8.32 Å². The fourth-order valence-electron chi connectivity index (χ4n) is 2.22. The molecule has 0 aromatic heterocycles. The summed E-state index contributed by atoms with van der Waals surface area (Å²) in [5.74, 6) is 0. The molecule has 0 aromatic carbocycles. The average Bonchev–Trinajstić information content (AvgIpc) is 2.73. The fourth-order valence-corrected chi connectivity index (χ4v) is 3.58. The van der Waals surface area contributed by atoms with Crippen molar-refractivity contribution in [3.05, 3.63) is 12.2 Å². The van der Waals surface area contributed by atoms with E-state index in [4.69, 9.17) is 9.16 Å². The summed E-state index contributed by atoms with van der Waals surface area (Å²) < 4.78 is 12.2. The molecule has 3 nitrogen and oxygen atoms in total. The molecule has 4 heteroatoms. The van der Waals surface area contributed by atoms with E-state index in [1.54, 1.807) is 0 Å². The molecule has 3 atom stereocenters. The highest BCUT2D eigenvalue weighted by atomic mass is 28.4. The Bertz CT molecular complexity index is 332. The highest BCUT2D eigenvalue weighted by molar-refractivity contribution is 6.74. The summed E-state index contributed by atoms with van der Waals surface area (Å²) in [6, 6.07) is 0. The number of rotatable bonds is 3. The number of fused-ring (bicyclic) bond motifs is 2. The molecule has 2 heterocycles. The zero-order valence-electron chi connectivity index (χ0n) is 11.5. The van der Waals surface area contributed by atoms with Gasteiger partial charge in [0.2, 0.25) is 0 Å². The predicted molar refractivity (Wildman–Crippen MR) is 70.5 cm³/mol. The topological polar surface area (TPSA) is 38.7 Å². The fraction of sp³-hybridized carbons (Fsp3) is 0.846. The van der Waals surface area contributed by atoms with Crippen molar-refractivity contribution < 1.29 is 14.3 Å². The van der Waals surface area contributed by atoms with Crippen LogP contribution in [0.4, 0.5) is 0 Å². The molecular formula is C13H24O3Si. The lowest BCUT2D eigenvalue weighted by Gasteiger charge is -2.41. The van der Waals surface area contributed by atoms with E-state index in [1.807, 2.05) is 12.2 Å². The molecule has 0 spiro atoms. The van der Waals surface area contributed by atoms with Crippen molar-refractivity contribution in [2.24, 2.45) is 0 Å². The van der Waals surface area contributed by atoms with Gasteiger partial charge in [-0.15, -0.1) is 0 Å². The first-order chi connectivity index (χ1) is 7.70. The van der Waals surface area contributed by atoms with Crippen LogP contribution >= 0.6 is 0 Å². The van der Waals surface area contributed by atoms with Crippen LogP contribution in [0.1, 0.15) is 27.2 Å². The van der Waals surface area contributed by atoms with E-state index in [0.29, 0.717) is 0 Å². The lowest BCUT2D eigenvalue weighted by molar-refractivity contribution is -0.0526. The minimum Gasteiger partial charge on any atom is -0.410 e. The smallest absolute Gasteiger partial charge is 0.192 e. The van der Waals surface area contributed by atoms with Gasteiger partial charge in [-0.2, -0.15) is 0 Å². The monoisotopic (exact) mass is 256 g/mol. The largest absolute Gasteiger partial charge is 0.410 e. The highest BCUT2D eigenvalue weighted by Crippen LogP contribution is 2.45. The highest BCUT2D eigenvalue weighted by Gasteiger charge is 2.53. The van der Waals surface area contributed by atoms with Crippen LogP contribution < -0.4 is 0 Å². The van der Waals surface area contributed by atoms with E-state index in [0.717, 1.165) is 6.42 Å². The lowest BCUT2D eigenvalue weighted by atomic mass is 9.93. The first-order valence-electron chi connectivity index (χ1n) is 6.36. The van der Waals surface area contributed by atoms with Gasteiger partial charge in [0.1, 0.15) is 5.60 Å². The standard InChI is InChI=1S/C13H24O3Si/c1-12(2,3)17(4,5)16-11-8-10-6-7-13(11,9-14)15-10/h6-7,10-11,14H,8-9H2,1-5H3/t10-,11-,13+/m1/s1. The van der Waals surface area contributed by atoms with Gasteiger partial charge in [0.15, 0.2) is 8.32 Å². The maximum atomic E-state index is 9.57. The van der Waals surface area contributed by atoms with E-state index >= 15 is 0 Å². The van der Waals surface area contributed by atoms with E-state index in [9.17, 15) is 5.11 Å². The molecule has 0 unspecified atom stereocenters. The number of hydrogen-bond acceptors (Lipinski definition) is 3. The molecule has 0 saturated carbocycles. The predicted octanol–water partition coefficient (Wildman–Crippen LogP) is 2.47. The molecule has 2 aliphatic heterocycles. The van der Waals surface area contributed by atoms with Gasteiger partial charge in [-0.25, -0.2) is 0 Å². The third kappa shape index (κ3) is 2.12. The van der Waals surface area contributed by atoms with Gasteiger partial charge in [0.05, 0.1) is 18.8 Å². The molecule has 0 amide bonds. The zero-order chi connectivity index (χ0) is 12.9. The van der Waals surface area contributed by atoms with Gasteiger partial charge in [0, 0.05) is 6.42 Å². The van der Waals surface area contributed by atoms with Gasteiger partial charge in [-0.3, -0.25) is 0 Å². The molecule has 2 aliphatic rings. The van der Waals surface area contributed by atoms with Crippen LogP contribution in [0, 0.1) is 0 Å². The minimum atomic E-state index is -1.80. The molecular weight excluding hydrogens is 232 g/mol. The Balaban J connectivity index is 2.13. The van der Waals surface area contributed by atoms with Crippen LogP contribution in [-0.2, 0) is 9.16 Å².